The van der Waals surface area contributed by atoms with Gasteiger partial charge in [-0.05, 0) is 67.6 Å². The van der Waals surface area contributed by atoms with Crippen molar-refractivity contribution in [3.63, 3.8) is 0 Å². The van der Waals surface area contributed by atoms with Crippen LogP contribution in [-0.2, 0) is 5.41 Å². The van der Waals surface area contributed by atoms with E-state index in [0.717, 1.165) is 31.1 Å². The zero-order valence-corrected chi connectivity index (χ0v) is 22.0. The lowest BCUT2D eigenvalue weighted by atomic mass is 9.85. The second-order valence-corrected chi connectivity index (χ2v) is 11.0. The highest BCUT2D eigenvalue weighted by Crippen LogP contribution is 2.34. The van der Waals surface area contributed by atoms with E-state index in [1.807, 2.05) is 12.1 Å². The van der Waals surface area contributed by atoms with Gasteiger partial charge in [0.1, 0.15) is 5.75 Å². The number of nitrogen functional groups attached to an aromatic ring is 1. The van der Waals surface area contributed by atoms with E-state index in [2.05, 4.69) is 92.0 Å². The summed E-state index contributed by atoms with van der Waals surface area (Å²) in [5, 5.41) is 3.51. The summed E-state index contributed by atoms with van der Waals surface area (Å²) in [5.74, 6) is 2.19. The van der Waals surface area contributed by atoms with Crippen molar-refractivity contribution in [3.8, 4) is 5.75 Å². The van der Waals surface area contributed by atoms with Gasteiger partial charge in [-0.1, -0.05) is 32.9 Å². The highest BCUT2D eigenvalue weighted by Gasteiger charge is 2.35. The van der Waals surface area contributed by atoms with Crippen LogP contribution in [0.15, 0.2) is 48.7 Å². The fourth-order valence-corrected chi connectivity index (χ4v) is 4.74. The minimum Gasteiger partial charge on any atom is -0.497 e. The van der Waals surface area contributed by atoms with Crippen LogP contribution in [0.25, 0.3) is 0 Å². The van der Waals surface area contributed by atoms with E-state index in [9.17, 15) is 0 Å². The highest BCUT2D eigenvalue weighted by atomic mass is 16.5. The lowest BCUT2D eigenvalue weighted by Gasteiger charge is -2.48. The van der Waals surface area contributed by atoms with Crippen molar-refractivity contribution in [1.82, 2.24) is 9.97 Å². The highest BCUT2D eigenvalue weighted by molar-refractivity contribution is 5.72. The Morgan fingerprint density at radius 2 is 1.77 bits per heavy atom. The molecule has 1 fully saturated rings. The number of aryl methyl sites for hydroxylation is 1. The van der Waals surface area contributed by atoms with Gasteiger partial charge in [0.05, 0.1) is 24.5 Å². The number of anilines is 5. The lowest BCUT2D eigenvalue weighted by molar-refractivity contribution is 0.408. The number of aromatic nitrogens is 2. The normalized spacial score (nSPS) is 15.7. The zero-order chi connectivity index (χ0) is 25.4. The zero-order valence-electron chi connectivity index (χ0n) is 22.0. The number of rotatable bonds is 5. The number of nitrogens with zero attached hydrogens (tertiary/aromatic N) is 4. The van der Waals surface area contributed by atoms with E-state index in [4.69, 9.17) is 15.5 Å². The fourth-order valence-electron chi connectivity index (χ4n) is 4.74. The smallest absolute Gasteiger partial charge is 0.227 e. The Bertz CT molecular complexity index is 1180. The third kappa shape index (κ3) is 5.29. The molecule has 3 N–H and O–H groups in total. The number of benzene rings is 2. The second kappa shape index (κ2) is 9.29. The number of hydrogen-bond acceptors (Lipinski definition) is 7. The molecule has 1 aliphatic rings. The third-order valence-electron chi connectivity index (χ3n) is 6.61. The van der Waals surface area contributed by atoms with E-state index in [-0.39, 0.29) is 11.0 Å². The van der Waals surface area contributed by atoms with Gasteiger partial charge in [0, 0.05) is 31.0 Å². The molecule has 0 atom stereocenters. The van der Waals surface area contributed by atoms with Crippen LogP contribution >= 0.6 is 0 Å². The Labute approximate surface area is 209 Å². The average Bonchev–Trinajstić information content (AvgIpc) is 2.79. The molecule has 0 aliphatic carbocycles. The van der Waals surface area contributed by atoms with Crippen LogP contribution in [0.2, 0.25) is 0 Å². The first kappa shape index (κ1) is 24.6. The molecule has 0 radical (unpaired) electrons. The van der Waals surface area contributed by atoms with Crippen LogP contribution in [0.4, 0.5) is 28.8 Å². The number of methoxy groups -OCH3 is 1. The Hall–Kier alpha value is -3.48. The van der Waals surface area contributed by atoms with Crippen molar-refractivity contribution >= 4 is 28.8 Å². The van der Waals surface area contributed by atoms with E-state index in [1.165, 1.54) is 16.8 Å². The van der Waals surface area contributed by atoms with Crippen molar-refractivity contribution in [1.29, 1.82) is 0 Å². The Balaban J connectivity index is 1.57. The molecule has 7 heteroatoms. The summed E-state index contributed by atoms with van der Waals surface area (Å²) < 4.78 is 5.32. The molecule has 0 bridgehead atoms. The Morgan fingerprint density at radius 1 is 1.06 bits per heavy atom. The molecular formula is C28H38N6O. The summed E-state index contributed by atoms with van der Waals surface area (Å²) >= 11 is 0. The van der Waals surface area contributed by atoms with Crippen molar-refractivity contribution in [2.45, 2.75) is 52.5 Å². The molecule has 2 heterocycles. The molecule has 0 amide bonds. The largest absolute Gasteiger partial charge is 0.497 e. The predicted molar refractivity (Wildman–Crippen MR) is 146 cm³/mol. The average molecular weight is 475 g/mol. The van der Waals surface area contributed by atoms with Gasteiger partial charge < -0.3 is 25.6 Å². The van der Waals surface area contributed by atoms with Crippen molar-refractivity contribution in [2.24, 2.45) is 0 Å². The van der Waals surface area contributed by atoms with E-state index in [1.54, 1.807) is 13.3 Å². The van der Waals surface area contributed by atoms with Gasteiger partial charge in [-0.15, -0.1) is 0 Å². The first-order chi connectivity index (χ1) is 16.5. The summed E-state index contributed by atoms with van der Waals surface area (Å²) in [6, 6.07) is 14.7. The monoisotopic (exact) mass is 474 g/mol. The standard InChI is InChI=1S/C28H38N6O/c1-19-8-13-22(27(2,3)4)24(16-19)31-25-23(29)17-30-26(32-25)33-14-15-34(28(5,6)18-33)20-9-11-21(35-7)12-10-20/h8-13,16-17H,14-15,18,29H2,1-7H3,(H,30,31,32). The quantitative estimate of drug-likeness (QED) is 0.504. The molecule has 4 rings (SSSR count). The molecule has 0 saturated carbocycles. The van der Waals surface area contributed by atoms with Crippen LogP contribution < -0.4 is 25.6 Å². The number of nitrogens with one attached hydrogen (secondary N) is 1. The molecule has 186 valence electrons. The number of hydrogen-bond donors (Lipinski definition) is 2. The Morgan fingerprint density at radius 3 is 2.40 bits per heavy atom. The predicted octanol–water partition coefficient (Wildman–Crippen LogP) is 5.52. The van der Waals surface area contributed by atoms with Gasteiger partial charge in [-0.2, -0.15) is 4.98 Å². The SMILES string of the molecule is COc1ccc(N2CCN(c3ncc(N)c(Nc4cc(C)ccc4C(C)(C)C)n3)CC2(C)C)cc1. The topological polar surface area (TPSA) is 79.5 Å². The molecule has 1 aromatic heterocycles. The van der Waals surface area contributed by atoms with E-state index >= 15 is 0 Å². The van der Waals surface area contributed by atoms with Crippen LogP contribution in [0, 0.1) is 6.92 Å². The van der Waals surface area contributed by atoms with Crippen LogP contribution in [0.3, 0.4) is 0 Å². The van der Waals surface area contributed by atoms with Crippen molar-refractivity contribution in [2.75, 3.05) is 47.6 Å². The molecule has 0 spiro atoms. The van der Waals surface area contributed by atoms with Crippen LogP contribution in [-0.4, -0.2) is 42.3 Å². The molecule has 0 unspecified atom stereocenters. The van der Waals surface area contributed by atoms with Gasteiger partial charge in [-0.25, -0.2) is 4.98 Å². The summed E-state index contributed by atoms with van der Waals surface area (Å²) in [5.41, 5.74) is 11.3. The second-order valence-electron chi connectivity index (χ2n) is 11.0. The number of nitrogens with two attached hydrogens (primary N) is 1. The molecule has 3 aromatic rings. The molecule has 1 aliphatic heterocycles. The fraction of sp³-hybridized carbons (Fsp3) is 0.429. The summed E-state index contributed by atoms with van der Waals surface area (Å²) in [4.78, 5) is 14.1. The maximum absolute atomic E-state index is 6.31. The third-order valence-corrected chi connectivity index (χ3v) is 6.61. The van der Waals surface area contributed by atoms with Gasteiger partial charge >= 0.3 is 0 Å². The summed E-state index contributed by atoms with van der Waals surface area (Å²) in [6.45, 7) is 15.7. The van der Waals surface area contributed by atoms with E-state index < -0.39 is 0 Å². The number of piperazine rings is 1. The Kier molecular flexibility index (Phi) is 6.54. The lowest BCUT2D eigenvalue weighted by Crippen LogP contribution is -2.60. The maximum atomic E-state index is 6.31. The summed E-state index contributed by atoms with van der Waals surface area (Å²) in [7, 11) is 1.69. The molecule has 7 nitrogen and oxygen atoms in total. The molecule has 2 aromatic carbocycles. The van der Waals surface area contributed by atoms with Gasteiger partial charge in [0.2, 0.25) is 5.95 Å². The van der Waals surface area contributed by atoms with Gasteiger partial charge in [0.25, 0.3) is 0 Å². The minimum atomic E-state index is -0.110. The maximum Gasteiger partial charge on any atom is 0.227 e. The molecule has 1 saturated heterocycles. The molecule has 35 heavy (non-hydrogen) atoms. The van der Waals surface area contributed by atoms with Gasteiger partial charge in [0.15, 0.2) is 5.82 Å². The van der Waals surface area contributed by atoms with Gasteiger partial charge in [-0.3, -0.25) is 0 Å². The first-order valence-corrected chi connectivity index (χ1v) is 12.2. The van der Waals surface area contributed by atoms with Crippen LogP contribution in [0.5, 0.6) is 5.75 Å². The minimum absolute atomic E-state index is 0.0114. The molecular weight excluding hydrogens is 436 g/mol. The van der Waals surface area contributed by atoms with Crippen LogP contribution in [0.1, 0.15) is 45.7 Å². The van der Waals surface area contributed by atoms with E-state index in [0.29, 0.717) is 17.5 Å². The van der Waals surface area contributed by atoms with Crippen molar-refractivity contribution < 1.29 is 4.74 Å². The summed E-state index contributed by atoms with van der Waals surface area (Å²) in [6.07, 6.45) is 1.71. The van der Waals surface area contributed by atoms with Crippen molar-refractivity contribution in [3.05, 3.63) is 59.8 Å². The first-order valence-electron chi connectivity index (χ1n) is 12.2. The number of ether oxygens (including phenoxy) is 1.